The lowest BCUT2D eigenvalue weighted by Gasteiger charge is -2.24. The number of carbonyl (C=O) groups is 2. The van der Waals surface area contributed by atoms with E-state index >= 15 is 0 Å². The molecule has 0 heterocycles. The quantitative estimate of drug-likeness (QED) is 0.596. The highest BCUT2D eigenvalue weighted by Crippen LogP contribution is 2.07. The molecule has 0 aromatic rings. The van der Waals surface area contributed by atoms with Crippen LogP contribution in [0.4, 0.5) is 0 Å². The van der Waals surface area contributed by atoms with E-state index in [1.54, 1.807) is 25.9 Å². The zero-order valence-electron chi connectivity index (χ0n) is 13.4. The fraction of sp³-hybridized carbons (Fsp3) is 0.857. The van der Waals surface area contributed by atoms with Gasteiger partial charge in [-0.25, -0.2) is 0 Å². The third kappa shape index (κ3) is 8.12. The molecule has 6 heteroatoms. The summed E-state index contributed by atoms with van der Waals surface area (Å²) in [5, 5.41) is 9.07. The van der Waals surface area contributed by atoms with E-state index in [-0.39, 0.29) is 5.91 Å². The lowest BCUT2D eigenvalue weighted by Crippen LogP contribution is -2.37. The predicted molar refractivity (Wildman–Crippen MR) is 79.8 cm³/mol. The Labute approximate surface area is 122 Å². The van der Waals surface area contributed by atoms with Crippen molar-refractivity contribution in [3.63, 3.8) is 0 Å². The minimum absolute atomic E-state index is 0.0780. The highest BCUT2D eigenvalue weighted by atomic mass is 16.4. The van der Waals surface area contributed by atoms with Gasteiger partial charge < -0.3 is 14.9 Å². The molecule has 1 atom stereocenters. The van der Waals surface area contributed by atoms with Crippen LogP contribution < -0.4 is 0 Å². The van der Waals surface area contributed by atoms with Crippen LogP contribution in [0.15, 0.2) is 0 Å². The summed E-state index contributed by atoms with van der Waals surface area (Å²) >= 11 is 0. The minimum atomic E-state index is -0.786. The molecule has 0 aromatic carbocycles. The molecule has 0 aliphatic rings. The summed E-state index contributed by atoms with van der Waals surface area (Å²) in [7, 11) is 7.51. The molecule has 0 saturated heterocycles. The topological polar surface area (TPSA) is 64.1 Å². The Morgan fingerprint density at radius 1 is 1.00 bits per heavy atom. The van der Waals surface area contributed by atoms with Crippen LogP contribution in [0.2, 0.25) is 0 Å². The highest BCUT2D eigenvalue weighted by molar-refractivity contribution is 5.73. The number of rotatable bonds is 10. The Balaban J connectivity index is 4.05. The van der Waals surface area contributed by atoms with E-state index in [9.17, 15) is 9.59 Å². The molecular weight excluding hydrogens is 258 g/mol. The average Bonchev–Trinajstić information content (AvgIpc) is 2.30. The van der Waals surface area contributed by atoms with Crippen LogP contribution in [-0.2, 0) is 9.59 Å². The normalized spacial score (nSPS) is 12.8. The Morgan fingerprint density at radius 2 is 1.60 bits per heavy atom. The van der Waals surface area contributed by atoms with E-state index in [4.69, 9.17) is 5.11 Å². The average molecular weight is 287 g/mol. The third-order valence-corrected chi connectivity index (χ3v) is 3.33. The number of carbonyl (C=O) groups excluding carboxylic acids is 1. The summed E-state index contributed by atoms with van der Waals surface area (Å²) < 4.78 is 0. The number of carboxylic acids is 1. The molecule has 118 valence electrons. The number of hydrogen-bond acceptors (Lipinski definition) is 4. The van der Waals surface area contributed by atoms with Crippen LogP contribution in [0.25, 0.3) is 0 Å². The molecule has 1 amide bonds. The molecular formula is C14H29N3O3. The first-order valence-corrected chi connectivity index (χ1v) is 7.05. The first-order valence-electron chi connectivity index (χ1n) is 7.05. The SMILES string of the molecule is CC(=O)N(CCCC[C@@H](C(=O)O)N(C)C)CCN(C)C. The van der Waals surface area contributed by atoms with Crippen molar-refractivity contribution in [3.05, 3.63) is 0 Å². The molecule has 0 bridgehead atoms. The van der Waals surface area contributed by atoms with Crippen molar-refractivity contribution >= 4 is 11.9 Å². The zero-order valence-corrected chi connectivity index (χ0v) is 13.4. The van der Waals surface area contributed by atoms with Gasteiger partial charge in [-0.1, -0.05) is 0 Å². The number of amides is 1. The Kier molecular flexibility index (Phi) is 9.16. The molecule has 0 aliphatic carbocycles. The van der Waals surface area contributed by atoms with Crippen LogP contribution in [0.3, 0.4) is 0 Å². The Bertz CT molecular complexity index is 306. The smallest absolute Gasteiger partial charge is 0.320 e. The van der Waals surface area contributed by atoms with Crippen LogP contribution in [0.5, 0.6) is 0 Å². The van der Waals surface area contributed by atoms with Gasteiger partial charge >= 0.3 is 5.97 Å². The molecule has 20 heavy (non-hydrogen) atoms. The van der Waals surface area contributed by atoms with Crippen LogP contribution in [-0.4, -0.2) is 85.5 Å². The van der Waals surface area contributed by atoms with Gasteiger partial charge in [0, 0.05) is 26.6 Å². The summed E-state index contributed by atoms with van der Waals surface area (Å²) in [6, 6.07) is -0.442. The van der Waals surface area contributed by atoms with E-state index in [2.05, 4.69) is 0 Å². The fourth-order valence-corrected chi connectivity index (χ4v) is 1.99. The van der Waals surface area contributed by atoms with Crippen molar-refractivity contribution in [1.82, 2.24) is 14.7 Å². The second-order valence-corrected chi connectivity index (χ2v) is 5.62. The van der Waals surface area contributed by atoms with Gasteiger partial charge in [-0.2, -0.15) is 0 Å². The first kappa shape index (κ1) is 18.9. The van der Waals surface area contributed by atoms with Crippen molar-refractivity contribution in [3.8, 4) is 0 Å². The van der Waals surface area contributed by atoms with Gasteiger partial charge in [0.25, 0.3) is 0 Å². The van der Waals surface area contributed by atoms with E-state index in [1.807, 2.05) is 23.9 Å². The van der Waals surface area contributed by atoms with Crippen molar-refractivity contribution in [1.29, 1.82) is 0 Å². The lowest BCUT2D eigenvalue weighted by molar-refractivity contribution is -0.142. The van der Waals surface area contributed by atoms with E-state index in [0.29, 0.717) is 13.0 Å². The summed E-state index contributed by atoms with van der Waals surface area (Å²) in [4.78, 5) is 28.1. The van der Waals surface area contributed by atoms with Crippen molar-refractivity contribution in [2.45, 2.75) is 32.2 Å². The fourth-order valence-electron chi connectivity index (χ4n) is 1.99. The number of nitrogens with zero attached hydrogens (tertiary/aromatic N) is 3. The predicted octanol–water partition coefficient (Wildman–Crippen LogP) is 0.582. The van der Waals surface area contributed by atoms with E-state index in [1.165, 1.54) is 0 Å². The molecule has 0 aliphatic heterocycles. The maximum absolute atomic E-state index is 11.5. The monoisotopic (exact) mass is 287 g/mol. The van der Waals surface area contributed by atoms with Gasteiger partial charge in [0.15, 0.2) is 0 Å². The Hall–Kier alpha value is -1.14. The molecule has 0 rings (SSSR count). The standard InChI is InChI=1S/C14H29N3O3/c1-12(18)17(11-10-15(2)3)9-7-6-8-13(14(19)20)16(4)5/h13H,6-11H2,1-5H3,(H,19,20)/t13-/m0/s1. The third-order valence-electron chi connectivity index (χ3n) is 3.33. The molecule has 0 saturated carbocycles. The van der Waals surface area contributed by atoms with Gasteiger partial charge in [0.05, 0.1) is 0 Å². The minimum Gasteiger partial charge on any atom is -0.480 e. The largest absolute Gasteiger partial charge is 0.480 e. The maximum atomic E-state index is 11.5. The van der Waals surface area contributed by atoms with Gasteiger partial charge in [-0.15, -0.1) is 0 Å². The van der Waals surface area contributed by atoms with Crippen molar-refractivity contribution in [2.24, 2.45) is 0 Å². The number of unbranched alkanes of at least 4 members (excludes halogenated alkanes) is 1. The van der Waals surface area contributed by atoms with Crippen molar-refractivity contribution < 1.29 is 14.7 Å². The summed E-state index contributed by atoms with van der Waals surface area (Å²) in [6.07, 6.45) is 2.26. The molecule has 0 fully saturated rings. The second-order valence-electron chi connectivity index (χ2n) is 5.62. The number of carboxylic acid groups (broad SMARTS) is 1. The van der Waals surface area contributed by atoms with Crippen LogP contribution in [0, 0.1) is 0 Å². The number of likely N-dealkylation sites (N-methyl/N-ethyl adjacent to an activating group) is 2. The molecule has 0 aromatic heterocycles. The van der Waals surface area contributed by atoms with E-state index in [0.717, 1.165) is 25.9 Å². The van der Waals surface area contributed by atoms with Gasteiger partial charge in [0.1, 0.15) is 6.04 Å². The zero-order chi connectivity index (χ0) is 15.7. The highest BCUT2D eigenvalue weighted by Gasteiger charge is 2.19. The molecule has 0 radical (unpaired) electrons. The maximum Gasteiger partial charge on any atom is 0.320 e. The molecule has 0 spiro atoms. The Morgan fingerprint density at radius 3 is 2.00 bits per heavy atom. The van der Waals surface area contributed by atoms with Crippen molar-refractivity contribution in [2.75, 3.05) is 47.8 Å². The molecule has 0 unspecified atom stereocenters. The van der Waals surface area contributed by atoms with E-state index < -0.39 is 12.0 Å². The molecule has 6 nitrogen and oxygen atoms in total. The van der Waals surface area contributed by atoms with Crippen LogP contribution in [0.1, 0.15) is 26.2 Å². The first-order chi connectivity index (χ1) is 9.25. The summed E-state index contributed by atoms with van der Waals surface area (Å²) in [5.74, 6) is -0.708. The summed E-state index contributed by atoms with van der Waals surface area (Å²) in [6.45, 7) is 3.84. The van der Waals surface area contributed by atoms with Gasteiger partial charge in [0.2, 0.25) is 5.91 Å². The van der Waals surface area contributed by atoms with Crippen LogP contribution >= 0.6 is 0 Å². The second kappa shape index (κ2) is 9.72. The molecule has 1 N–H and O–H groups in total. The lowest BCUT2D eigenvalue weighted by atomic mass is 10.1. The number of hydrogen-bond donors (Lipinski definition) is 1. The summed E-state index contributed by atoms with van der Waals surface area (Å²) in [5.41, 5.74) is 0. The van der Waals surface area contributed by atoms with Gasteiger partial charge in [-0.05, 0) is 47.5 Å². The number of aliphatic carboxylic acids is 1. The van der Waals surface area contributed by atoms with Gasteiger partial charge in [-0.3, -0.25) is 14.5 Å².